The van der Waals surface area contributed by atoms with Gasteiger partial charge in [0.2, 0.25) is 0 Å². The second kappa shape index (κ2) is 6.09. The van der Waals surface area contributed by atoms with Gasteiger partial charge in [-0.3, -0.25) is 4.79 Å². The number of hydrogen-bond donors (Lipinski definition) is 1. The number of carbonyl (C=O) groups excluding carboxylic acids is 1. The Kier molecular flexibility index (Phi) is 4.45. The molecule has 1 aromatic heterocycles. The van der Waals surface area contributed by atoms with Crippen molar-refractivity contribution in [1.29, 1.82) is 0 Å². The molecule has 2 rings (SSSR count). The highest BCUT2D eigenvalue weighted by atomic mass is 16.1. The molecule has 0 atom stereocenters. The van der Waals surface area contributed by atoms with Gasteiger partial charge in [-0.05, 0) is 46.1 Å². The number of nitrogens with one attached hydrogen (secondary N) is 1. The highest BCUT2D eigenvalue weighted by Gasteiger charge is 2.12. The van der Waals surface area contributed by atoms with Gasteiger partial charge in [-0.15, -0.1) is 0 Å². The van der Waals surface area contributed by atoms with E-state index < -0.39 is 0 Å². The van der Waals surface area contributed by atoms with Crippen molar-refractivity contribution in [3.8, 4) is 0 Å². The summed E-state index contributed by atoms with van der Waals surface area (Å²) in [5.41, 5.74) is 1.86. The van der Waals surface area contributed by atoms with Crippen LogP contribution in [0.3, 0.4) is 0 Å². The minimum atomic E-state index is -0.000967. The lowest BCUT2D eigenvalue weighted by Gasteiger charge is -2.12. The number of carbonyl (C=O) groups is 1. The Labute approximate surface area is 120 Å². The normalized spacial score (nSPS) is 11.5. The molecule has 1 aromatic carbocycles. The fourth-order valence-corrected chi connectivity index (χ4v) is 2.33. The first-order valence-corrected chi connectivity index (χ1v) is 7.03. The lowest BCUT2D eigenvalue weighted by atomic mass is 10.1. The van der Waals surface area contributed by atoms with Crippen LogP contribution >= 0.6 is 0 Å². The number of fused-ring (bicyclic) bond motifs is 1. The molecule has 0 aliphatic heterocycles. The summed E-state index contributed by atoms with van der Waals surface area (Å²) in [6.45, 7) is 5.79. The van der Waals surface area contributed by atoms with E-state index in [2.05, 4.69) is 34.7 Å². The Morgan fingerprint density at radius 1 is 1.30 bits per heavy atom. The van der Waals surface area contributed by atoms with Crippen LogP contribution in [-0.4, -0.2) is 42.6 Å². The number of rotatable bonds is 5. The van der Waals surface area contributed by atoms with Crippen LogP contribution in [0.1, 0.15) is 30.2 Å². The summed E-state index contributed by atoms with van der Waals surface area (Å²) in [7, 11) is 3.99. The molecule has 0 unspecified atom stereocenters. The Morgan fingerprint density at radius 3 is 2.70 bits per heavy atom. The second-order valence-corrected chi connectivity index (χ2v) is 5.61. The zero-order chi connectivity index (χ0) is 14.7. The average molecular weight is 273 g/mol. The van der Waals surface area contributed by atoms with E-state index in [1.165, 1.54) is 0 Å². The molecular formula is C16H23N3O. The molecule has 20 heavy (non-hydrogen) atoms. The van der Waals surface area contributed by atoms with E-state index in [1.54, 1.807) is 0 Å². The zero-order valence-corrected chi connectivity index (χ0v) is 12.7. The van der Waals surface area contributed by atoms with Crippen molar-refractivity contribution in [2.24, 2.45) is 0 Å². The van der Waals surface area contributed by atoms with Crippen molar-refractivity contribution in [3.05, 3.63) is 36.0 Å². The van der Waals surface area contributed by atoms with Crippen molar-refractivity contribution in [1.82, 2.24) is 14.8 Å². The number of hydrogen-bond acceptors (Lipinski definition) is 2. The molecule has 1 amide bonds. The van der Waals surface area contributed by atoms with E-state index >= 15 is 0 Å². The molecule has 0 radical (unpaired) electrons. The molecule has 1 N–H and O–H groups in total. The standard InChI is InChI=1S/C16H23N3O/c1-12(2)19-10-8-13-14(6-5-7-15(13)19)16(20)17-9-11-18(3)4/h5-8,10,12H,9,11H2,1-4H3,(H,17,20). The highest BCUT2D eigenvalue weighted by molar-refractivity contribution is 6.06. The van der Waals surface area contributed by atoms with Crippen molar-refractivity contribution in [3.63, 3.8) is 0 Å². The number of aromatic nitrogens is 1. The number of nitrogens with zero attached hydrogens (tertiary/aromatic N) is 2. The quantitative estimate of drug-likeness (QED) is 0.909. The van der Waals surface area contributed by atoms with Gasteiger partial charge < -0.3 is 14.8 Å². The predicted octanol–water partition coefficient (Wildman–Crippen LogP) is 2.51. The molecule has 0 saturated heterocycles. The monoisotopic (exact) mass is 273 g/mol. The van der Waals surface area contributed by atoms with Gasteiger partial charge in [-0.25, -0.2) is 0 Å². The van der Waals surface area contributed by atoms with Crippen molar-refractivity contribution in [2.45, 2.75) is 19.9 Å². The SMILES string of the molecule is CC(C)n1ccc2c(C(=O)NCCN(C)C)cccc21. The predicted molar refractivity (Wildman–Crippen MR) is 83.2 cm³/mol. The third kappa shape index (κ3) is 3.02. The first kappa shape index (κ1) is 14.6. The van der Waals surface area contributed by atoms with Gasteiger partial charge >= 0.3 is 0 Å². The molecule has 0 saturated carbocycles. The van der Waals surface area contributed by atoms with Gasteiger partial charge in [0.15, 0.2) is 0 Å². The molecule has 0 aliphatic rings. The zero-order valence-electron chi connectivity index (χ0n) is 12.7. The highest BCUT2D eigenvalue weighted by Crippen LogP contribution is 2.23. The third-order valence-corrected chi connectivity index (χ3v) is 3.41. The van der Waals surface area contributed by atoms with Crippen LogP contribution in [0.5, 0.6) is 0 Å². The summed E-state index contributed by atoms with van der Waals surface area (Å²) in [4.78, 5) is 14.3. The summed E-state index contributed by atoms with van der Waals surface area (Å²) in [5, 5.41) is 3.99. The van der Waals surface area contributed by atoms with Crippen LogP contribution in [0.2, 0.25) is 0 Å². The number of amides is 1. The third-order valence-electron chi connectivity index (χ3n) is 3.41. The van der Waals surface area contributed by atoms with E-state index in [-0.39, 0.29) is 5.91 Å². The van der Waals surface area contributed by atoms with E-state index in [9.17, 15) is 4.79 Å². The number of likely N-dealkylation sites (N-methyl/N-ethyl adjacent to an activating group) is 1. The second-order valence-electron chi connectivity index (χ2n) is 5.61. The van der Waals surface area contributed by atoms with Crippen LogP contribution in [-0.2, 0) is 0 Å². The molecule has 4 heteroatoms. The van der Waals surface area contributed by atoms with Gasteiger partial charge in [0.25, 0.3) is 5.91 Å². The summed E-state index contributed by atoms with van der Waals surface area (Å²) in [6, 6.07) is 8.31. The maximum atomic E-state index is 12.3. The molecule has 0 aliphatic carbocycles. The lowest BCUT2D eigenvalue weighted by Crippen LogP contribution is -2.31. The summed E-state index contributed by atoms with van der Waals surface area (Å²) in [5.74, 6) is -0.000967. The molecular weight excluding hydrogens is 250 g/mol. The first-order valence-electron chi connectivity index (χ1n) is 7.03. The van der Waals surface area contributed by atoms with Crippen molar-refractivity contribution < 1.29 is 4.79 Å². The average Bonchev–Trinajstić information content (AvgIpc) is 2.81. The number of benzene rings is 1. The largest absolute Gasteiger partial charge is 0.351 e. The Bertz CT molecular complexity index is 599. The van der Waals surface area contributed by atoms with E-state index in [0.29, 0.717) is 12.6 Å². The van der Waals surface area contributed by atoms with Gasteiger partial charge in [-0.2, -0.15) is 0 Å². The lowest BCUT2D eigenvalue weighted by molar-refractivity contribution is 0.0952. The van der Waals surface area contributed by atoms with Crippen molar-refractivity contribution in [2.75, 3.05) is 27.2 Å². The fraction of sp³-hybridized carbons (Fsp3) is 0.438. The van der Waals surface area contributed by atoms with Gasteiger partial charge in [0.1, 0.15) is 0 Å². The van der Waals surface area contributed by atoms with E-state index in [1.807, 2.05) is 38.5 Å². The maximum Gasteiger partial charge on any atom is 0.252 e. The van der Waals surface area contributed by atoms with Crippen LogP contribution in [0.4, 0.5) is 0 Å². The topological polar surface area (TPSA) is 37.3 Å². The van der Waals surface area contributed by atoms with Crippen LogP contribution in [0, 0.1) is 0 Å². The molecule has 4 nitrogen and oxygen atoms in total. The molecule has 0 bridgehead atoms. The van der Waals surface area contributed by atoms with Gasteiger partial charge in [0, 0.05) is 41.8 Å². The Morgan fingerprint density at radius 2 is 2.05 bits per heavy atom. The molecule has 0 fully saturated rings. The van der Waals surface area contributed by atoms with E-state index in [0.717, 1.165) is 23.0 Å². The van der Waals surface area contributed by atoms with E-state index in [4.69, 9.17) is 0 Å². The summed E-state index contributed by atoms with van der Waals surface area (Å²) in [6.07, 6.45) is 2.05. The minimum absolute atomic E-state index is 0.000967. The summed E-state index contributed by atoms with van der Waals surface area (Å²) >= 11 is 0. The molecule has 108 valence electrons. The van der Waals surface area contributed by atoms with Gasteiger partial charge in [0.05, 0.1) is 0 Å². The molecule has 1 heterocycles. The van der Waals surface area contributed by atoms with Gasteiger partial charge in [-0.1, -0.05) is 6.07 Å². The first-order chi connectivity index (χ1) is 9.50. The minimum Gasteiger partial charge on any atom is -0.351 e. The van der Waals surface area contributed by atoms with Crippen LogP contribution in [0.15, 0.2) is 30.5 Å². The van der Waals surface area contributed by atoms with Crippen LogP contribution < -0.4 is 5.32 Å². The fourth-order valence-electron chi connectivity index (χ4n) is 2.33. The molecule has 2 aromatic rings. The smallest absolute Gasteiger partial charge is 0.252 e. The van der Waals surface area contributed by atoms with Crippen molar-refractivity contribution >= 4 is 16.8 Å². The summed E-state index contributed by atoms with van der Waals surface area (Å²) < 4.78 is 2.19. The van der Waals surface area contributed by atoms with Crippen LogP contribution in [0.25, 0.3) is 10.9 Å². The Balaban J connectivity index is 2.24. The Hall–Kier alpha value is -1.81. The maximum absolute atomic E-state index is 12.3. The molecule has 0 spiro atoms.